The Hall–Kier alpha value is -0.670. The summed E-state index contributed by atoms with van der Waals surface area (Å²) in [6.07, 6.45) is 16.6. The lowest BCUT2D eigenvalue weighted by Gasteiger charge is -2.63. The van der Waals surface area contributed by atoms with Crippen molar-refractivity contribution in [1.29, 1.82) is 0 Å². The van der Waals surface area contributed by atoms with Crippen LogP contribution in [0.25, 0.3) is 0 Å². The molecule has 0 aromatic carbocycles. The predicted molar refractivity (Wildman–Crippen MR) is 133 cm³/mol. The molecule has 2 N–H and O–H groups in total. The van der Waals surface area contributed by atoms with Crippen LogP contribution in [0.1, 0.15) is 105 Å². The molecule has 5 aliphatic rings. The fraction of sp³-hybridized carbons (Fsp3) is 0.900. The van der Waals surface area contributed by atoms with Gasteiger partial charge >= 0.3 is 0 Å². The number of aliphatic hydroxyl groups is 2. The minimum atomic E-state index is -0.141. The van der Waals surface area contributed by atoms with Crippen LogP contribution in [-0.4, -0.2) is 29.2 Å². The zero-order valence-electron chi connectivity index (χ0n) is 21.8. The van der Waals surface area contributed by atoms with Crippen molar-refractivity contribution in [3.63, 3.8) is 0 Å². The van der Waals surface area contributed by atoms with Crippen LogP contribution in [0.4, 0.5) is 0 Å². The van der Waals surface area contributed by atoms with Gasteiger partial charge in [0.15, 0.2) is 0 Å². The molecule has 0 aromatic rings. The summed E-state index contributed by atoms with van der Waals surface area (Å²) in [5, 5.41) is 20.1. The molecule has 0 amide bonds. The van der Waals surface area contributed by atoms with Crippen molar-refractivity contribution < 1.29 is 15.0 Å². The van der Waals surface area contributed by atoms with Gasteiger partial charge in [0.05, 0.1) is 12.7 Å². The highest BCUT2D eigenvalue weighted by Gasteiger charge is 2.82. The summed E-state index contributed by atoms with van der Waals surface area (Å²) in [7, 11) is 0. The minimum absolute atomic E-state index is 0.0730. The molecule has 0 radical (unpaired) electrons. The summed E-state index contributed by atoms with van der Waals surface area (Å²) in [5.74, 6) is 2.99. The number of hydrogen-bond donors (Lipinski definition) is 2. The summed E-state index contributed by atoms with van der Waals surface area (Å²) in [6, 6.07) is 0. The molecule has 5 fully saturated rings. The molecule has 9 atom stereocenters. The van der Waals surface area contributed by atoms with Crippen LogP contribution in [0.5, 0.6) is 0 Å². The quantitative estimate of drug-likeness (QED) is 0.363. The lowest BCUT2D eigenvalue weighted by molar-refractivity contribution is -0.161. The molecule has 0 aliphatic heterocycles. The fourth-order valence-corrected chi connectivity index (χ4v) is 11.2. The Morgan fingerprint density at radius 2 is 1.64 bits per heavy atom. The van der Waals surface area contributed by atoms with E-state index in [2.05, 4.69) is 34.6 Å². The van der Waals surface area contributed by atoms with Gasteiger partial charge in [-0.15, -0.1) is 0 Å². The van der Waals surface area contributed by atoms with Crippen molar-refractivity contribution in [2.45, 2.75) is 111 Å². The topological polar surface area (TPSA) is 57.5 Å². The largest absolute Gasteiger partial charge is 0.393 e. The maximum Gasteiger partial charge on any atom is 0.148 e. The van der Waals surface area contributed by atoms with Crippen molar-refractivity contribution in [2.75, 3.05) is 6.61 Å². The Kier molecular flexibility index (Phi) is 5.58. The molecule has 2 spiro atoms. The van der Waals surface area contributed by atoms with E-state index >= 15 is 0 Å². The van der Waals surface area contributed by atoms with Gasteiger partial charge in [0.1, 0.15) is 6.29 Å². The van der Waals surface area contributed by atoms with Crippen LogP contribution in [-0.2, 0) is 4.79 Å². The molecule has 186 valence electrons. The molecule has 33 heavy (non-hydrogen) atoms. The van der Waals surface area contributed by atoms with E-state index in [4.69, 9.17) is 0 Å². The van der Waals surface area contributed by atoms with Crippen LogP contribution in [0.2, 0.25) is 0 Å². The first-order chi connectivity index (χ1) is 15.5. The molecular formula is C30H48O3. The monoisotopic (exact) mass is 456 g/mol. The molecule has 5 saturated carbocycles. The highest BCUT2D eigenvalue weighted by molar-refractivity contribution is 5.73. The van der Waals surface area contributed by atoms with E-state index in [1.54, 1.807) is 0 Å². The Balaban J connectivity index is 1.37. The number of carbonyl (C=O) groups is 1. The van der Waals surface area contributed by atoms with Crippen molar-refractivity contribution in [1.82, 2.24) is 0 Å². The first-order valence-electron chi connectivity index (χ1n) is 14.0. The van der Waals surface area contributed by atoms with Gasteiger partial charge in [0.25, 0.3) is 0 Å². The zero-order valence-corrected chi connectivity index (χ0v) is 21.8. The van der Waals surface area contributed by atoms with E-state index in [1.807, 2.05) is 6.08 Å². The van der Waals surface area contributed by atoms with Gasteiger partial charge in [-0.2, -0.15) is 0 Å². The number of aldehydes is 1. The number of carbonyl (C=O) groups excluding carboxylic acids is 1. The Morgan fingerprint density at radius 3 is 2.33 bits per heavy atom. The number of allylic oxidation sites excluding steroid dienone is 1. The molecule has 3 nitrogen and oxygen atoms in total. The highest BCUT2D eigenvalue weighted by Crippen LogP contribution is 2.89. The van der Waals surface area contributed by atoms with E-state index in [1.165, 1.54) is 51.4 Å². The highest BCUT2D eigenvalue weighted by atomic mass is 16.3. The predicted octanol–water partition coefficient (Wildman–Crippen LogP) is 6.32. The number of fused-ring (bicyclic) bond motifs is 2. The first kappa shape index (κ1) is 24.0. The van der Waals surface area contributed by atoms with Gasteiger partial charge in [0.2, 0.25) is 0 Å². The average molecular weight is 457 g/mol. The molecule has 0 unspecified atom stereocenters. The molecule has 0 bridgehead atoms. The zero-order chi connectivity index (χ0) is 23.9. The summed E-state index contributed by atoms with van der Waals surface area (Å²) in [6.45, 7) is 12.3. The van der Waals surface area contributed by atoms with E-state index in [9.17, 15) is 15.0 Å². The van der Waals surface area contributed by atoms with Gasteiger partial charge in [-0.05, 0) is 121 Å². The van der Waals surface area contributed by atoms with Crippen LogP contribution in [0.3, 0.4) is 0 Å². The normalized spacial score (nSPS) is 51.1. The first-order valence-corrected chi connectivity index (χ1v) is 14.0. The van der Waals surface area contributed by atoms with Gasteiger partial charge in [-0.3, -0.25) is 4.79 Å². The summed E-state index contributed by atoms with van der Waals surface area (Å²) in [5.41, 5.74) is 2.53. The van der Waals surface area contributed by atoms with E-state index in [0.717, 1.165) is 37.4 Å². The van der Waals surface area contributed by atoms with Crippen molar-refractivity contribution in [3.05, 3.63) is 11.6 Å². The van der Waals surface area contributed by atoms with Gasteiger partial charge in [-0.25, -0.2) is 0 Å². The van der Waals surface area contributed by atoms with Crippen molar-refractivity contribution in [2.24, 2.45) is 50.7 Å². The smallest absolute Gasteiger partial charge is 0.148 e. The van der Waals surface area contributed by atoms with Gasteiger partial charge in [0, 0.05) is 5.57 Å². The number of hydrogen-bond acceptors (Lipinski definition) is 3. The Labute approximate surface area is 201 Å². The molecular weight excluding hydrogens is 408 g/mol. The lowest BCUT2D eigenvalue weighted by Crippen LogP contribution is -2.57. The van der Waals surface area contributed by atoms with Crippen molar-refractivity contribution in [3.8, 4) is 0 Å². The molecule has 5 rings (SSSR count). The van der Waals surface area contributed by atoms with Crippen molar-refractivity contribution >= 4 is 6.29 Å². The summed E-state index contributed by atoms with van der Waals surface area (Å²) in [4.78, 5) is 11.0. The second-order valence-corrected chi connectivity index (χ2v) is 14.1. The third kappa shape index (κ3) is 2.97. The molecule has 5 aliphatic carbocycles. The maximum absolute atomic E-state index is 11.0. The number of rotatable bonds is 6. The second-order valence-electron chi connectivity index (χ2n) is 14.1. The van der Waals surface area contributed by atoms with Crippen LogP contribution >= 0.6 is 0 Å². The molecule has 0 heterocycles. The fourth-order valence-electron chi connectivity index (χ4n) is 11.2. The standard InChI is InChI=1S/C30H48O3/c1-20(7-6-8-21(17-31)18-32)22-11-13-28(5)24-10-9-23-26(2,3)25(33)12-14-29(23)19-30(24,29)16-15-27(22,28)4/h8,17,20,22-25,32-33H,6-7,9-16,18-19H2,1-5H3/b21-8-/t20-,22-,23+,24+,25+,27-,28+,29-,30+/m1/s1. The van der Waals surface area contributed by atoms with Crippen LogP contribution in [0, 0.1) is 50.7 Å². The van der Waals surface area contributed by atoms with Gasteiger partial charge in [-0.1, -0.05) is 40.7 Å². The van der Waals surface area contributed by atoms with Crippen LogP contribution in [0.15, 0.2) is 11.6 Å². The van der Waals surface area contributed by atoms with Crippen LogP contribution < -0.4 is 0 Å². The average Bonchev–Trinajstić information content (AvgIpc) is 3.36. The maximum atomic E-state index is 11.0. The van der Waals surface area contributed by atoms with E-state index < -0.39 is 0 Å². The van der Waals surface area contributed by atoms with E-state index in [-0.39, 0.29) is 18.1 Å². The SMILES string of the molecule is C[C@H](CC/C=C(/C=O)CO)[C@H]1CC[C@@]2(C)[C@@H]3CC[C@H]4C(C)(C)[C@@H](O)CC[C@@]45C[C@@]35CC[C@]12C. The van der Waals surface area contributed by atoms with Gasteiger partial charge < -0.3 is 10.2 Å². The summed E-state index contributed by atoms with van der Waals surface area (Å²) < 4.78 is 0. The molecule has 0 aromatic heterocycles. The number of aliphatic hydroxyl groups excluding tert-OH is 2. The van der Waals surface area contributed by atoms with E-state index in [0.29, 0.717) is 39.1 Å². The second kappa shape index (κ2) is 7.66. The third-order valence-corrected chi connectivity index (χ3v) is 13.2. The lowest BCUT2D eigenvalue weighted by atomic mass is 9.41. The molecule has 0 saturated heterocycles. The Morgan fingerprint density at radius 1 is 0.939 bits per heavy atom. The third-order valence-electron chi connectivity index (χ3n) is 13.2. The minimum Gasteiger partial charge on any atom is -0.393 e. The molecule has 3 heteroatoms. The Bertz CT molecular complexity index is 830. The summed E-state index contributed by atoms with van der Waals surface area (Å²) >= 11 is 0.